The Morgan fingerprint density at radius 2 is 1.94 bits per heavy atom. The Balaban J connectivity index is 1.46. The van der Waals surface area contributed by atoms with Crippen molar-refractivity contribution in [3.63, 3.8) is 0 Å². The highest BCUT2D eigenvalue weighted by molar-refractivity contribution is 7.91. The van der Waals surface area contributed by atoms with E-state index < -0.39 is 22.4 Å². The summed E-state index contributed by atoms with van der Waals surface area (Å²) < 4.78 is 32.4. The first-order valence-corrected chi connectivity index (χ1v) is 12.1. The van der Waals surface area contributed by atoms with Crippen molar-refractivity contribution in [3.05, 3.63) is 64.9 Å². The molecule has 0 radical (unpaired) electrons. The average molecular weight is 457 g/mol. The maximum absolute atomic E-state index is 12.8. The van der Waals surface area contributed by atoms with Gasteiger partial charge in [0.1, 0.15) is 5.56 Å². The fraction of sp³-hybridized carbons (Fsp3) is 0.364. The van der Waals surface area contributed by atoms with Crippen LogP contribution >= 0.6 is 0 Å². The van der Waals surface area contributed by atoms with Crippen molar-refractivity contribution in [2.75, 3.05) is 18.1 Å². The van der Waals surface area contributed by atoms with Crippen molar-refractivity contribution >= 4 is 21.6 Å². The van der Waals surface area contributed by atoms with E-state index in [1.807, 2.05) is 17.6 Å². The van der Waals surface area contributed by atoms with Crippen molar-refractivity contribution in [1.29, 1.82) is 0 Å². The van der Waals surface area contributed by atoms with E-state index in [-0.39, 0.29) is 28.9 Å². The molecule has 0 aromatic carbocycles. The van der Waals surface area contributed by atoms with Gasteiger partial charge < -0.3 is 9.30 Å². The molecule has 0 saturated carbocycles. The molecule has 1 fully saturated rings. The smallest absolute Gasteiger partial charge is 0.342 e. The number of carbonyl (C=O) groups is 2. The number of aromatic nitrogens is 4. The van der Waals surface area contributed by atoms with Crippen LogP contribution in [0, 0.1) is 20.8 Å². The molecule has 10 heteroatoms. The van der Waals surface area contributed by atoms with Gasteiger partial charge in [0.05, 0.1) is 23.4 Å². The van der Waals surface area contributed by atoms with Crippen LogP contribution in [-0.2, 0) is 14.6 Å². The second-order valence-electron chi connectivity index (χ2n) is 7.95. The Morgan fingerprint density at radius 1 is 1.16 bits per heavy atom. The number of aryl methyl sites for hydroxylation is 1. The van der Waals surface area contributed by atoms with Gasteiger partial charge in [-0.05, 0) is 45.4 Å². The molecular weight excluding hydrogens is 432 g/mol. The number of Topliss-reactive ketones (excluding diaryl/α,β-unsaturated/α-hetero) is 1. The van der Waals surface area contributed by atoms with Crippen molar-refractivity contribution in [1.82, 2.24) is 19.3 Å². The molecule has 1 saturated heterocycles. The molecular formula is C22H24N4O5S. The van der Waals surface area contributed by atoms with E-state index in [1.165, 1.54) is 10.9 Å². The summed E-state index contributed by atoms with van der Waals surface area (Å²) in [6.07, 6.45) is 3.55. The fourth-order valence-electron chi connectivity index (χ4n) is 4.21. The van der Waals surface area contributed by atoms with Crippen molar-refractivity contribution in [2.45, 2.75) is 33.2 Å². The van der Waals surface area contributed by atoms with Gasteiger partial charge in [0.25, 0.3) is 0 Å². The van der Waals surface area contributed by atoms with E-state index in [9.17, 15) is 18.0 Å². The van der Waals surface area contributed by atoms with Gasteiger partial charge in [-0.25, -0.2) is 22.9 Å². The lowest BCUT2D eigenvalue weighted by atomic mass is 10.1. The molecule has 4 rings (SSSR count). The molecule has 32 heavy (non-hydrogen) atoms. The van der Waals surface area contributed by atoms with E-state index in [0.29, 0.717) is 29.2 Å². The van der Waals surface area contributed by atoms with Crippen LogP contribution in [-0.4, -0.2) is 57.6 Å². The fourth-order valence-corrected chi connectivity index (χ4v) is 5.91. The van der Waals surface area contributed by atoms with Crippen LogP contribution in [0.1, 0.15) is 50.3 Å². The number of hydrogen-bond donors (Lipinski definition) is 0. The van der Waals surface area contributed by atoms with Gasteiger partial charge in [-0.15, -0.1) is 0 Å². The van der Waals surface area contributed by atoms with Gasteiger partial charge in [0.15, 0.2) is 22.3 Å². The number of ketones is 1. The van der Waals surface area contributed by atoms with Gasteiger partial charge in [-0.3, -0.25) is 4.79 Å². The number of sulfone groups is 1. The zero-order valence-electron chi connectivity index (χ0n) is 18.1. The number of pyridine rings is 1. The molecule has 4 heterocycles. The number of esters is 1. The summed E-state index contributed by atoms with van der Waals surface area (Å²) in [4.78, 5) is 29.6. The standard InChI is InChI=1S/C22H24N4O5S/c1-14-10-18(15(2)25(14)17-7-9-32(29,30)13-17)20(27)12-31-22(28)19-11-24-26(16(19)3)21-6-4-5-8-23-21/h4-6,8,10-11,17H,7,9,12-13H2,1-3H3. The second-order valence-corrected chi connectivity index (χ2v) is 10.2. The third-order valence-corrected chi connectivity index (χ3v) is 7.54. The number of rotatable bonds is 6. The molecule has 0 amide bonds. The summed E-state index contributed by atoms with van der Waals surface area (Å²) in [5.41, 5.74) is 2.74. The molecule has 0 aliphatic carbocycles. The first-order chi connectivity index (χ1) is 15.2. The van der Waals surface area contributed by atoms with Crippen LogP contribution in [0.15, 0.2) is 36.7 Å². The van der Waals surface area contributed by atoms with Crippen molar-refractivity contribution < 1.29 is 22.7 Å². The number of hydrogen-bond acceptors (Lipinski definition) is 7. The van der Waals surface area contributed by atoms with Gasteiger partial charge in [-0.2, -0.15) is 5.10 Å². The highest BCUT2D eigenvalue weighted by Gasteiger charge is 2.32. The number of carbonyl (C=O) groups excluding carboxylic acids is 2. The van der Waals surface area contributed by atoms with Crippen molar-refractivity contribution in [2.24, 2.45) is 0 Å². The normalized spacial score (nSPS) is 17.4. The molecule has 0 bridgehead atoms. The quantitative estimate of drug-likeness (QED) is 0.413. The van der Waals surface area contributed by atoms with E-state index >= 15 is 0 Å². The van der Waals surface area contributed by atoms with Crippen LogP contribution < -0.4 is 0 Å². The Kier molecular flexibility index (Phi) is 5.72. The van der Waals surface area contributed by atoms with Crippen LogP contribution in [0.2, 0.25) is 0 Å². The van der Waals surface area contributed by atoms with Crippen molar-refractivity contribution in [3.8, 4) is 5.82 Å². The van der Waals surface area contributed by atoms with Crippen LogP contribution in [0.25, 0.3) is 5.82 Å². The van der Waals surface area contributed by atoms with Gasteiger partial charge in [0.2, 0.25) is 5.78 Å². The minimum Gasteiger partial charge on any atom is -0.454 e. The molecule has 1 atom stereocenters. The van der Waals surface area contributed by atoms with E-state index in [1.54, 1.807) is 38.2 Å². The average Bonchev–Trinajstić information content (AvgIpc) is 3.41. The summed E-state index contributed by atoms with van der Waals surface area (Å²) in [7, 11) is -3.05. The van der Waals surface area contributed by atoms with Crippen LogP contribution in [0.4, 0.5) is 0 Å². The van der Waals surface area contributed by atoms with Gasteiger partial charge in [0, 0.05) is 29.2 Å². The Bertz CT molecular complexity index is 1290. The van der Waals surface area contributed by atoms with E-state index in [0.717, 1.165) is 5.69 Å². The predicted octanol–water partition coefficient (Wildman–Crippen LogP) is 2.39. The van der Waals surface area contributed by atoms with E-state index in [2.05, 4.69) is 10.1 Å². The molecule has 9 nitrogen and oxygen atoms in total. The number of ether oxygens (including phenoxy) is 1. The van der Waals surface area contributed by atoms with Crippen LogP contribution in [0.3, 0.4) is 0 Å². The Hall–Kier alpha value is -3.27. The predicted molar refractivity (Wildman–Crippen MR) is 117 cm³/mol. The summed E-state index contributed by atoms with van der Waals surface area (Å²) in [6, 6.07) is 6.91. The molecule has 3 aromatic heterocycles. The molecule has 1 aliphatic heterocycles. The molecule has 0 N–H and O–H groups in total. The summed E-state index contributed by atoms with van der Waals surface area (Å²) in [6.45, 7) is 4.94. The zero-order valence-corrected chi connectivity index (χ0v) is 18.9. The lowest BCUT2D eigenvalue weighted by molar-refractivity contribution is 0.0473. The third-order valence-electron chi connectivity index (χ3n) is 5.79. The topological polar surface area (TPSA) is 113 Å². The minimum atomic E-state index is -3.05. The highest BCUT2D eigenvalue weighted by Crippen LogP contribution is 2.29. The Morgan fingerprint density at radius 3 is 2.59 bits per heavy atom. The van der Waals surface area contributed by atoms with Crippen LogP contribution in [0.5, 0.6) is 0 Å². The summed E-state index contributed by atoms with van der Waals surface area (Å²) in [5, 5.41) is 4.19. The molecule has 168 valence electrons. The van der Waals surface area contributed by atoms with Gasteiger partial charge in [-0.1, -0.05) is 6.07 Å². The summed E-state index contributed by atoms with van der Waals surface area (Å²) >= 11 is 0. The molecule has 1 unspecified atom stereocenters. The number of nitrogens with zero attached hydrogens (tertiary/aromatic N) is 4. The monoisotopic (exact) mass is 456 g/mol. The molecule has 0 spiro atoms. The van der Waals surface area contributed by atoms with Gasteiger partial charge >= 0.3 is 5.97 Å². The maximum Gasteiger partial charge on any atom is 0.342 e. The lowest BCUT2D eigenvalue weighted by Crippen LogP contribution is -2.17. The minimum absolute atomic E-state index is 0.0749. The highest BCUT2D eigenvalue weighted by atomic mass is 32.2. The largest absolute Gasteiger partial charge is 0.454 e. The molecule has 1 aliphatic rings. The molecule has 3 aromatic rings. The first kappa shape index (κ1) is 21.9. The summed E-state index contributed by atoms with van der Waals surface area (Å²) in [5.74, 6) is -0.185. The third kappa shape index (κ3) is 4.10. The maximum atomic E-state index is 12.8. The lowest BCUT2D eigenvalue weighted by Gasteiger charge is -2.16. The Labute approximate surface area is 185 Å². The SMILES string of the molecule is Cc1c(C(=O)OCC(=O)c2cc(C)n(C3CCS(=O)(=O)C3)c2C)cnn1-c1ccccn1. The van der Waals surface area contributed by atoms with E-state index in [4.69, 9.17) is 4.74 Å². The zero-order chi connectivity index (χ0) is 23.0. The second kappa shape index (κ2) is 8.34. The first-order valence-electron chi connectivity index (χ1n) is 10.2.